The Morgan fingerprint density at radius 2 is 1.88 bits per heavy atom. The Hall–Kier alpha value is -0.490. The minimum atomic E-state index is 0.742. The standard InChI is InChI=1S/C15H19Cl/c1-9(2)11-7-12(14-8-13(11)14)10-5-3-4-6-15(10)16/h3-6,9,11-14H,7-8H2,1-2H3/t11-,12+,13?,14?/m1/s1. The zero-order valence-electron chi connectivity index (χ0n) is 9.99. The molecule has 2 saturated carbocycles. The summed E-state index contributed by atoms with van der Waals surface area (Å²) in [6.07, 6.45) is 2.80. The molecule has 4 atom stereocenters. The van der Waals surface area contributed by atoms with Crippen LogP contribution in [0.2, 0.25) is 5.02 Å². The van der Waals surface area contributed by atoms with Gasteiger partial charge in [-0.15, -0.1) is 0 Å². The maximum atomic E-state index is 6.32. The van der Waals surface area contributed by atoms with E-state index in [1.807, 2.05) is 12.1 Å². The van der Waals surface area contributed by atoms with Crippen molar-refractivity contribution in [3.63, 3.8) is 0 Å². The van der Waals surface area contributed by atoms with E-state index in [4.69, 9.17) is 11.6 Å². The van der Waals surface area contributed by atoms with Crippen molar-refractivity contribution in [2.75, 3.05) is 0 Å². The summed E-state index contributed by atoms with van der Waals surface area (Å²) in [6, 6.07) is 8.43. The van der Waals surface area contributed by atoms with Crippen molar-refractivity contribution in [3.05, 3.63) is 34.9 Å². The van der Waals surface area contributed by atoms with Gasteiger partial charge in [-0.2, -0.15) is 0 Å². The molecule has 0 bridgehead atoms. The molecule has 1 aromatic carbocycles. The normalized spacial score (nSPS) is 36.5. The lowest BCUT2D eigenvalue weighted by Gasteiger charge is -2.20. The first kappa shape index (κ1) is 10.7. The van der Waals surface area contributed by atoms with Crippen LogP contribution in [0, 0.1) is 23.7 Å². The van der Waals surface area contributed by atoms with Crippen LogP contribution in [-0.4, -0.2) is 0 Å². The van der Waals surface area contributed by atoms with Crippen LogP contribution >= 0.6 is 11.6 Å². The fourth-order valence-corrected chi connectivity index (χ4v) is 4.01. The van der Waals surface area contributed by atoms with Crippen molar-refractivity contribution in [3.8, 4) is 0 Å². The quantitative estimate of drug-likeness (QED) is 0.694. The van der Waals surface area contributed by atoms with E-state index in [-0.39, 0.29) is 0 Å². The second kappa shape index (κ2) is 3.77. The third kappa shape index (κ3) is 1.59. The van der Waals surface area contributed by atoms with Gasteiger partial charge in [-0.1, -0.05) is 43.6 Å². The van der Waals surface area contributed by atoms with E-state index in [0.29, 0.717) is 0 Å². The minimum absolute atomic E-state index is 0.742. The summed E-state index contributed by atoms with van der Waals surface area (Å²) in [6.45, 7) is 4.74. The summed E-state index contributed by atoms with van der Waals surface area (Å²) in [5.41, 5.74) is 1.40. The number of hydrogen-bond donors (Lipinski definition) is 0. The highest BCUT2D eigenvalue weighted by Crippen LogP contribution is 2.64. The Labute approximate surface area is 103 Å². The van der Waals surface area contributed by atoms with Crippen molar-refractivity contribution < 1.29 is 0 Å². The Morgan fingerprint density at radius 1 is 1.12 bits per heavy atom. The van der Waals surface area contributed by atoms with Gasteiger partial charge >= 0.3 is 0 Å². The molecule has 0 N–H and O–H groups in total. The van der Waals surface area contributed by atoms with E-state index >= 15 is 0 Å². The smallest absolute Gasteiger partial charge is 0.0440 e. The van der Waals surface area contributed by atoms with Gasteiger partial charge in [-0.05, 0) is 54.1 Å². The van der Waals surface area contributed by atoms with E-state index in [1.165, 1.54) is 18.4 Å². The maximum Gasteiger partial charge on any atom is 0.0440 e. The predicted octanol–water partition coefficient (Wildman–Crippen LogP) is 4.74. The first-order valence-electron chi connectivity index (χ1n) is 6.43. The molecular weight excluding hydrogens is 216 g/mol. The number of hydrogen-bond acceptors (Lipinski definition) is 0. The van der Waals surface area contributed by atoms with Crippen molar-refractivity contribution in [2.24, 2.45) is 23.7 Å². The van der Waals surface area contributed by atoms with Crippen LogP contribution < -0.4 is 0 Å². The monoisotopic (exact) mass is 234 g/mol. The fraction of sp³-hybridized carbons (Fsp3) is 0.600. The SMILES string of the molecule is CC(C)[C@H]1C[C@@H](c2ccccc2Cl)C2CC21. The van der Waals surface area contributed by atoms with Crippen LogP contribution in [-0.2, 0) is 0 Å². The first-order chi connectivity index (χ1) is 7.68. The lowest BCUT2D eigenvalue weighted by molar-refractivity contribution is 0.344. The zero-order valence-corrected chi connectivity index (χ0v) is 10.7. The van der Waals surface area contributed by atoms with Crippen molar-refractivity contribution >= 4 is 11.6 Å². The summed E-state index contributed by atoms with van der Waals surface area (Å²) in [7, 11) is 0. The zero-order chi connectivity index (χ0) is 11.3. The van der Waals surface area contributed by atoms with Crippen LogP contribution in [0.4, 0.5) is 0 Å². The highest BCUT2D eigenvalue weighted by Gasteiger charge is 2.55. The second-order valence-electron chi connectivity index (χ2n) is 5.83. The van der Waals surface area contributed by atoms with Crippen molar-refractivity contribution in [1.29, 1.82) is 0 Å². The summed E-state index contributed by atoms with van der Waals surface area (Å²) in [4.78, 5) is 0. The van der Waals surface area contributed by atoms with Gasteiger partial charge in [0, 0.05) is 5.02 Å². The van der Waals surface area contributed by atoms with E-state index < -0.39 is 0 Å². The third-order valence-corrected chi connectivity index (χ3v) is 4.99. The number of benzene rings is 1. The molecule has 86 valence electrons. The molecule has 1 aromatic rings. The fourth-order valence-electron chi connectivity index (χ4n) is 3.73. The second-order valence-corrected chi connectivity index (χ2v) is 6.24. The molecular formula is C15H19Cl. The number of halogens is 1. The third-order valence-electron chi connectivity index (χ3n) is 4.65. The molecule has 0 amide bonds. The average Bonchev–Trinajstić information content (AvgIpc) is 2.94. The maximum absolute atomic E-state index is 6.32. The lowest BCUT2D eigenvalue weighted by Crippen LogP contribution is -2.09. The van der Waals surface area contributed by atoms with E-state index in [2.05, 4.69) is 26.0 Å². The molecule has 0 heterocycles. The Bertz CT molecular complexity index is 396. The van der Waals surface area contributed by atoms with Crippen molar-refractivity contribution in [1.82, 2.24) is 0 Å². The van der Waals surface area contributed by atoms with Gasteiger partial charge in [0.2, 0.25) is 0 Å². The summed E-state index contributed by atoms with van der Waals surface area (Å²) in [5.74, 6) is 4.45. The van der Waals surface area contributed by atoms with Gasteiger partial charge in [-0.25, -0.2) is 0 Å². The highest BCUT2D eigenvalue weighted by atomic mass is 35.5. The molecule has 0 nitrogen and oxygen atoms in total. The number of rotatable bonds is 2. The summed E-state index contributed by atoms with van der Waals surface area (Å²) >= 11 is 6.32. The summed E-state index contributed by atoms with van der Waals surface area (Å²) in [5, 5.41) is 0.975. The molecule has 2 aliphatic rings. The van der Waals surface area contributed by atoms with Crippen LogP contribution in [0.1, 0.15) is 38.2 Å². The molecule has 2 fully saturated rings. The molecule has 1 heteroatoms. The van der Waals surface area contributed by atoms with Gasteiger partial charge in [0.1, 0.15) is 0 Å². The molecule has 0 saturated heterocycles. The van der Waals surface area contributed by atoms with E-state index in [0.717, 1.165) is 34.6 Å². The molecule has 2 unspecified atom stereocenters. The van der Waals surface area contributed by atoms with Crippen LogP contribution in [0.5, 0.6) is 0 Å². The molecule has 2 aliphatic carbocycles. The summed E-state index contributed by atoms with van der Waals surface area (Å²) < 4.78 is 0. The highest BCUT2D eigenvalue weighted by molar-refractivity contribution is 6.31. The number of fused-ring (bicyclic) bond motifs is 1. The van der Waals surface area contributed by atoms with Gasteiger partial charge < -0.3 is 0 Å². The predicted molar refractivity (Wildman–Crippen MR) is 68.7 cm³/mol. The van der Waals surface area contributed by atoms with Crippen LogP contribution in [0.15, 0.2) is 24.3 Å². The van der Waals surface area contributed by atoms with Gasteiger partial charge in [0.15, 0.2) is 0 Å². The molecule has 3 rings (SSSR count). The van der Waals surface area contributed by atoms with Crippen molar-refractivity contribution in [2.45, 2.75) is 32.6 Å². The molecule has 0 radical (unpaired) electrons. The largest absolute Gasteiger partial charge is 0.0840 e. The molecule has 0 aromatic heterocycles. The van der Waals surface area contributed by atoms with Gasteiger partial charge in [-0.3, -0.25) is 0 Å². The van der Waals surface area contributed by atoms with Crippen LogP contribution in [0.3, 0.4) is 0 Å². The Balaban J connectivity index is 1.86. The molecule has 0 spiro atoms. The van der Waals surface area contributed by atoms with Gasteiger partial charge in [0.25, 0.3) is 0 Å². The topological polar surface area (TPSA) is 0 Å². The first-order valence-corrected chi connectivity index (χ1v) is 6.80. The van der Waals surface area contributed by atoms with Gasteiger partial charge in [0.05, 0.1) is 0 Å². The Morgan fingerprint density at radius 3 is 2.50 bits per heavy atom. The van der Waals surface area contributed by atoms with E-state index in [9.17, 15) is 0 Å². The van der Waals surface area contributed by atoms with E-state index in [1.54, 1.807) is 0 Å². The minimum Gasteiger partial charge on any atom is -0.0840 e. The average molecular weight is 235 g/mol. The lowest BCUT2D eigenvalue weighted by atomic mass is 9.86. The Kier molecular flexibility index (Phi) is 2.51. The molecule has 16 heavy (non-hydrogen) atoms. The van der Waals surface area contributed by atoms with Crippen LogP contribution in [0.25, 0.3) is 0 Å². The molecule has 0 aliphatic heterocycles.